The van der Waals surface area contributed by atoms with Crippen molar-refractivity contribution >= 4 is 30.2 Å². The minimum Gasteiger partial charge on any atom is -0.481 e. The molecule has 11 heteroatoms. The number of carbonyl (C=O) groups excluding carboxylic acids is 1. The number of hydrogen-bond donors (Lipinski definition) is 1. The van der Waals surface area contributed by atoms with E-state index in [1.54, 1.807) is 16.7 Å². The molecule has 1 heterocycles. The Morgan fingerprint density at radius 2 is 1.51 bits per heavy atom. The molecule has 0 bridgehead atoms. The molecule has 3 aromatic rings. The number of halogens is 3. The van der Waals surface area contributed by atoms with E-state index >= 15 is 0 Å². The van der Waals surface area contributed by atoms with E-state index in [0.29, 0.717) is 24.3 Å². The van der Waals surface area contributed by atoms with E-state index in [-0.39, 0.29) is 82.6 Å². The van der Waals surface area contributed by atoms with E-state index in [1.807, 2.05) is 36.4 Å². The number of ether oxygens (including phenoxy) is 1. The largest absolute Gasteiger partial charge is 1.00 e. The van der Waals surface area contributed by atoms with Crippen LogP contribution in [-0.4, -0.2) is 61.8 Å². The van der Waals surface area contributed by atoms with Crippen molar-refractivity contribution in [3.63, 3.8) is 0 Å². The first-order valence-corrected chi connectivity index (χ1v) is 12.5. The van der Waals surface area contributed by atoms with Crippen LogP contribution in [0.5, 0.6) is 0 Å². The third-order valence-corrected chi connectivity index (χ3v) is 7.44. The fourth-order valence-electron chi connectivity index (χ4n) is 5.46. The van der Waals surface area contributed by atoms with Crippen molar-refractivity contribution in [3.8, 4) is 11.1 Å². The standard InChI is InChI=1S/C28H27BF3N2O4.K/c1-18-19(15-27(35)36)14-20(29(30,31)32)16-26(18)33-10-12-34(13-11-33)28(37)38-17-25-23-8-4-2-6-21(23)22-7-3-5-9-24(22)25;/h2-9,14,16,25H,10-13,15,17H2,1H3,(H,35,36);/q-1;+1. The van der Waals surface area contributed by atoms with E-state index in [0.717, 1.165) is 34.4 Å². The van der Waals surface area contributed by atoms with Gasteiger partial charge < -0.3 is 32.6 Å². The zero-order valence-electron chi connectivity index (χ0n) is 21.9. The summed E-state index contributed by atoms with van der Waals surface area (Å²) in [6, 6.07) is 18.1. The Morgan fingerprint density at radius 1 is 0.949 bits per heavy atom. The second-order valence-corrected chi connectivity index (χ2v) is 9.75. The molecule has 0 aromatic heterocycles. The smallest absolute Gasteiger partial charge is 0.481 e. The first kappa shape index (κ1) is 29.7. The normalized spacial score (nSPS) is 14.9. The van der Waals surface area contributed by atoms with Crippen LogP contribution in [0.3, 0.4) is 0 Å². The summed E-state index contributed by atoms with van der Waals surface area (Å²) in [6.45, 7) is -2.27. The number of carboxylic acids is 1. The third-order valence-electron chi connectivity index (χ3n) is 7.44. The second-order valence-electron chi connectivity index (χ2n) is 9.75. The summed E-state index contributed by atoms with van der Waals surface area (Å²) >= 11 is 0. The van der Waals surface area contributed by atoms with Gasteiger partial charge in [-0.1, -0.05) is 60.7 Å². The van der Waals surface area contributed by atoms with Crippen molar-refractivity contribution in [1.29, 1.82) is 0 Å². The number of benzene rings is 3. The van der Waals surface area contributed by atoms with Crippen LogP contribution in [0.2, 0.25) is 0 Å². The molecule has 6 nitrogen and oxygen atoms in total. The number of aliphatic carboxylic acids is 1. The molecule has 0 spiro atoms. The van der Waals surface area contributed by atoms with Crippen LogP contribution in [0, 0.1) is 6.92 Å². The van der Waals surface area contributed by atoms with Gasteiger partial charge in [0.1, 0.15) is 6.61 Å². The molecule has 1 aliphatic heterocycles. The number of nitrogens with zero attached hydrogens (tertiary/aromatic N) is 2. The van der Waals surface area contributed by atoms with Gasteiger partial charge in [-0.3, -0.25) is 4.79 Å². The Balaban J connectivity index is 0.00000353. The molecule has 198 valence electrons. The molecule has 0 unspecified atom stereocenters. The van der Waals surface area contributed by atoms with E-state index in [4.69, 9.17) is 4.74 Å². The van der Waals surface area contributed by atoms with Gasteiger partial charge in [-0.15, -0.1) is 5.46 Å². The van der Waals surface area contributed by atoms with Gasteiger partial charge in [0.2, 0.25) is 0 Å². The predicted octanol–water partition coefficient (Wildman–Crippen LogP) is 1.75. The fraction of sp³-hybridized carbons (Fsp3) is 0.286. The Bertz CT molecular complexity index is 1350. The van der Waals surface area contributed by atoms with Crippen LogP contribution < -0.4 is 61.7 Å². The number of rotatable bonds is 6. The number of carboxylic acid groups (broad SMARTS) is 1. The van der Waals surface area contributed by atoms with E-state index < -0.39 is 30.9 Å². The van der Waals surface area contributed by atoms with Gasteiger partial charge in [-0.2, -0.15) is 0 Å². The fourth-order valence-corrected chi connectivity index (χ4v) is 5.46. The van der Waals surface area contributed by atoms with Crippen molar-refractivity contribution in [1.82, 2.24) is 4.90 Å². The summed E-state index contributed by atoms with van der Waals surface area (Å²) in [4.78, 5) is 27.5. The zero-order valence-corrected chi connectivity index (χ0v) is 25.0. The van der Waals surface area contributed by atoms with Gasteiger partial charge in [0.05, 0.1) is 6.42 Å². The number of amides is 1. The van der Waals surface area contributed by atoms with E-state index in [9.17, 15) is 27.6 Å². The second kappa shape index (κ2) is 12.1. The van der Waals surface area contributed by atoms with Gasteiger partial charge in [0.25, 0.3) is 0 Å². The molecule has 1 N–H and O–H groups in total. The summed E-state index contributed by atoms with van der Waals surface area (Å²) in [5.74, 6) is -1.25. The van der Waals surface area contributed by atoms with Crippen LogP contribution in [-0.2, 0) is 16.0 Å². The molecule has 1 saturated heterocycles. The molecular weight excluding hydrogens is 535 g/mol. The molecule has 0 radical (unpaired) electrons. The molecule has 39 heavy (non-hydrogen) atoms. The molecule has 1 fully saturated rings. The molecule has 2 aliphatic rings. The molecule has 1 aliphatic carbocycles. The average Bonchev–Trinajstić information content (AvgIpc) is 3.21. The summed E-state index contributed by atoms with van der Waals surface area (Å²) in [5.41, 5.74) is 4.69. The van der Waals surface area contributed by atoms with Gasteiger partial charge in [-0.25, -0.2) is 4.79 Å². The molecule has 0 atom stereocenters. The zero-order chi connectivity index (χ0) is 27.0. The first-order chi connectivity index (χ1) is 18.1. The van der Waals surface area contributed by atoms with Crippen molar-refractivity contribution in [2.45, 2.75) is 19.3 Å². The minimum absolute atomic E-state index is 0. The summed E-state index contributed by atoms with van der Waals surface area (Å²) in [5, 5.41) is 9.17. The van der Waals surface area contributed by atoms with Crippen molar-refractivity contribution in [2.24, 2.45) is 0 Å². The number of fused-ring (bicyclic) bond motifs is 3. The molecule has 3 aromatic carbocycles. The van der Waals surface area contributed by atoms with Crippen molar-refractivity contribution < 1.29 is 83.8 Å². The Kier molecular flexibility index (Phi) is 9.17. The van der Waals surface area contributed by atoms with Crippen LogP contribution in [0.4, 0.5) is 23.4 Å². The Hall–Kier alpha value is -2.31. The van der Waals surface area contributed by atoms with Gasteiger partial charge in [0.15, 0.2) is 0 Å². The van der Waals surface area contributed by atoms with Crippen molar-refractivity contribution in [2.75, 3.05) is 37.7 Å². The van der Waals surface area contributed by atoms with Gasteiger partial charge in [0, 0.05) is 37.8 Å². The summed E-state index contributed by atoms with van der Waals surface area (Å²) in [6.07, 6.45) is -0.944. The predicted molar refractivity (Wildman–Crippen MR) is 140 cm³/mol. The minimum atomic E-state index is -5.29. The Morgan fingerprint density at radius 3 is 2.05 bits per heavy atom. The number of hydrogen-bond acceptors (Lipinski definition) is 4. The van der Waals surface area contributed by atoms with Crippen LogP contribution in [0.1, 0.15) is 28.2 Å². The number of anilines is 1. The third kappa shape index (κ3) is 6.22. The van der Waals surface area contributed by atoms with Gasteiger partial charge >= 0.3 is 70.4 Å². The van der Waals surface area contributed by atoms with E-state index in [2.05, 4.69) is 12.1 Å². The Labute approximate surface area is 267 Å². The maximum Gasteiger partial charge on any atom is 1.00 e. The van der Waals surface area contributed by atoms with Crippen LogP contribution in [0.25, 0.3) is 11.1 Å². The van der Waals surface area contributed by atoms with E-state index in [1.165, 1.54) is 0 Å². The monoisotopic (exact) mass is 562 g/mol. The van der Waals surface area contributed by atoms with Crippen LogP contribution >= 0.6 is 0 Å². The number of carbonyl (C=O) groups is 2. The summed E-state index contributed by atoms with van der Waals surface area (Å²) in [7, 11) is 0. The molecule has 0 saturated carbocycles. The molecular formula is C28H27BF3KN2O4. The first-order valence-electron chi connectivity index (χ1n) is 12.5. The molecule has 1 amide bonds. The van der Waals surface area contributed by atoms with Crippen LogP contribution in [0.15, 0.2) is 60.7 Å². The maximum atomic E-state index is 13.6. The number of piperazine rings is 1. The SMILES string of the molecule is Cc1c(CC(=O)O)cc([B-](F)(F)F)cc1N1CCN(C(=O)OCC2c3ccccc3-c3ccccc32)CC1.[K+]. The van der Waals surface area contributed by atoms with Crippen molar-refractivity contribution in [3.05, 3.63) is 82.9 Å². The molecule has 5 rings (SSSR count). The maximum absolute atomic E-state index is 13.6. The summed E-state index contributed by atoms with van der Waals surface area (Å²) < 4.78 is 46.5. The van der Waals surface area contributed by atoms with Gasteiger partial charge in [-0.05, 0) is 40.3 Å². The topological polar surface area (TPSA) is 70.1 Å². The quantitative estimate of drug-likeness (QED) is 0.464. The average molecular weight is 562 g/mol.